The summed E-state index contributed by atoms with van der Waals surface area (Å²) in [5.74, 6) is -1.20. The average Bonchev–Trinajstić information content (AvgIpc) is 3.39. The molecule has 10 heteroatoms. The quantitative estimate of drug-likeness (QED) is 0.562. The van der Waals surface area contributed by atoms with Crippen LogP contribution in [0.25, 0.3) is 0 Å². The molecule has 3 amide bonds. The summed E-state index contributed by atoms with van der Waals surface area (Å²) < 4.78 is 23.8. The molecule has 2 unspecified atom stereocenters. The largest absolute Gasteiger partial charge is 0.394 e. The van der Waals surface area contributed by atoms with E-state index in [1.165, 1.54) is 9.80 Å². The molecular weight excluding hydrogens is 478 g/mol. The molecule has 10 nitrogen and oxygen atoms in total. The molecule has 3 aliphatic rings. The van der Waals surface area contributed by atoms with Crippen LogP contribution in [0.2, 0.25) is 0 Å². The number of nitrogens with one attached hydrogen (secondary N) is 1. The van der Waals surface area contributed by atoms with Gasteiger partial charge in [-0.3, -0.25) is 14.6 Å². The number of aliphatic hydroxyl groups excluding tert-OH is 1. The van der Waals surface area contributed by atoms with Crippen molar-refractivity contribution in [3.63, 3.8) is 0 Å². The fourth-order valence-electron chi connectivity index (χ4n) is 4.74. The highest BCUT2D eigenvalue weighted by molar-refractivity contribution is 5.94. The Morgan fingerprint density at radius 1 is 1.05 bits per heavy atom. The van der Waals surface area contributed by atoms with Gasteiger partial charge in [-0.15, -0.1) is 0 Å². The fraction of sp³-hybridized carbons (Fsp3) is 0.407. The summed E-state index contributed by atoms with van der Waals surface area (Å²) in [7, 11) is 0. The first-order valence-corrected chi connectivity index (χ1v) is 12.2. The van der Waals surface area contributed by atoms with Crippen LogP contribution in [-0.2, 0) is 25.6 Å². The first kappa shape index (κ1) is 25.4. The molecule has 0 aromatic heterocycles. The number of urea groups is 1. The summed E-state index contributed by atoms with van der Waals surface area (Å²) in [6, 6.07) is 17.9. The highest BCUT2D eigenvalue weighted by atomic mass is 16.8. The Labute approximate surface area is 215 Å². The summed E-state index contributed by atoms with van der Waals surface area (Å²) in [4.78, 5) is 29.4. The maximum absolute atomic E-state index is 13.8. The van der Waals surface area contributed by atoms with E-state index in [0.29, 0.717) is 5.56 Å². The van der Waals surface area contributed by atoms with Crippen LogP contribution in [0.15, 0.2) is 72.9 Å². The van der Waals surface area contributed by atoms with Crippen molar-refractivity contribution in [3.05, 3.63) is 84.1 Å². The van der Waals surface area contributed by atoms with Crippen LogP contribution in [0.5, 0.6) is 0 Å². The molecule has 2 aromatic rings. The average molecular weight is 510 g/mol. The number of aliphatic hydroxyl groups is 1. The summed E-state index contributed by atoms with van der Waals surface area (Å²) in [5, 5.41) is 12.7. The molecule has 2 saturated heterocycles. The number of carbonyl (C=O) groups excluding carboxylic acids is 2. The smallest absolute Gasteiger partial charge is 0.329 e. The van der Waals surface area contributed by atoms with E-state index in [1.807, 2.05) is 36.4 Å². The van der Waals surface area contributed by atoms with Crippen LogP contribution >= 0.6 is 0 Å². The van der Waals surface area contributed by atoms with E-state index in [9.17, 15) is 14.7 Å². The summed E-state index contributed by atoms with van der Waals surface area (Å²) in [5.41, 5.74) is 1.43. The normalized spacial score (nSPS) is 28.4. The van der Waals surface area contributed by atoms with Crippen LogP contribution < -0.4 is 5.32 Å². The van der Waals surface area contributed by atoms with Gasteiger partial charge >= 0.3 is 6.03 Å². The third-order valence-corrected chi connectivity index (χ3v) is 6.47. The minimum atomic E-state index is -0.877. The molecular formula is C27H31N3O7. The van der Waals surface area contributed by atoms with Gasteiger partial charge in [0, 0.05) is 11.8 Å². The van der Waals surface area contributed by atoms with Crippen molar-refractivity contribution >= 4 is 11.9 Å². The second kappa shape index (κ2) is 10.6. The van der Waals surface area contributed by atoms with Gasteiger partial charge in [0.1, 0.15) is 31.2 Å². The zero-order valence-electron chi connectivity index (χ0n) is 20.7. The van der Waals surface area contributed by atoms with Gasteiger partial charge in [-0.05, 0) is 37.6 Å². The van der Waals surface area contributed by atoms with Gasteiger partial charge in [-0.25, -0.2) is 4.79 Å². The van der Waals surface area contributed by atoms with Crippen molar-refractivity contribution in [3.8, 4) is 0 Å². The van der Waals surface area contributed by atoms with Gasteiger partial charge in [0.05, 0.1) is 13.2 Å². The van der Waals surface area contributed by atoms with Gasteiger partial charge in [-0.2, -0.15) is 0 Å². The zero-order valence-corrected chi connectivity index (χ0v) is 20.7. The summed E-state index contributed by atoms with van der Waals surface area (Å²) >= 11 is 0. The van der Waals surface area contributed by atoms with Crippen molar-refractivity contribution < 1.29 is 33.6 Å². The third kappa shape index (κ3) is 5.39. The Morgan fingerprint density at radius 3 is 2.43 bits per heavy atom. The van der Waals surface area contributed by atoms with Crippen molar-refractivity contribution in [2.75, 3.05) is 13.3 Å². The SMILES string of the molecule is CC1(C)OC2[C@@H](CO)O[C@@H](N3C=CC(NC(=O)c4ccccc4)N(COCc4ccccc4)C3=O)[C@H]2O1. The van der Waals surface area contributed by atoms with E-state index in [-0.39, 0.29) is 25.9 Å². The van der Waals surface area contributed by atoms with E-state index in [1.54, 1.807) is 50.4 Å². The van der Waals surface area contributed by atoms with Crippen LogP contribution in [0.3, 0.4) is 0 Å². The molecule has 3 heterocycles. The Morgan fingerprint density at radius 2 is 1.73 bits per heavy atom. The molecule has 5 rings (SSSR count). The number of amides is 3. The summed E-state index contributed by atoms with van der Waals surface area (Å²) in [6.45, 7) is 3.49. The lowest BCUT2D eigenvalue weighted by Crippen LogP contribution is -2.59. The van der Waals surface area contributed by atoms with Crippen LogP contribution in [0, 0.1) is 0 Å². The first-order valence-electron chi connectivity index (χ1n) is 12.2. The van der Waals surface area contributed by atoms with Gasteiger partial charge in [-0.1, -0.05) is 48.5 Å². The van der Waals surface area contributed by atoms with E-state index in [4.69, 9.17) is 18.9 Å². The van der Waals surface area contributed by atoms with Crippen molar-refractivity contribution in [1.82, 2.24) is 15.1 Å². The lowest BCUT2D eigenvalue weighted by atomic mass is 10.1. The van der Waals surface area contributed by atoms with E-state index >= 15 is 0 Å². The molecule has 5 atom stereocenters. The Kier molecular flexibility index (Phi) is 7.27. The standard InChI is InChI=1S/C27H31N3O7/c1-27(2)36-22-20(15-31)35-25(23(22)37-27)29-14-13-21(28-24(32)19-11-7-4-8-12-19)30(26(29)33)17-34-16-18-9-5-3-6-10-18/h3-14,20-23,25,31H,15-17H2,1-2H3,(H,28,32)/t20-,21?,22?,23+,25-/m1/s1. The Hall–Kier alpha value is -3.28. The van der Waals surface area contributed by atoms with Gasteiger partial charge in [0.25, 0.3) is 5.91 Å². The number of benzene rings is 2. The van der Waals surface area contributed by atoms with Crippen LogP contribution in [0.1, 0.15) is 29.8 Å². The van der Waals surface area contributed by atoms with E-state index < -0.39 is 42.5 Å². The van der Waals surface area contributed by atoms with E-state index in [0.717, 1.165) is 5.56 Å². The van der Waals surface area contributed by atoms with Gasteiger partial charge in [0.15, 0.2) is 12.0 Å². The lowest BCUT2D eigenvalue weighted by molar-refractivity contribution is -0.202. The van der Waals surface area contributed by atoms with Crippen LogP contribution in [-0.4, -0.2) is 76.7 Å². The maximum atomic E-state index is 13.8. The predicted molar refractivity (Wildman–Crippen MR) is 132 cm³/mol. The second-order valence-corrected chi connectivity index (χ2v) is 9.56. The number of fused-ring (bicyclic) bond motifs is 1. The van der Waals surface area contributed by atoms with Gasteiger partial charge in [0.2, 0.25) is 0 Å². The predicted octanol–water partition coefficient (Wildman–Crippen LogP) is 2.41. The zero-order chi connectivity index (χ0) is 26.0. The highest BCUT2D eigenvalue weighted by Gasteiger charge is 2.57. The molecule has 3 aliphatic heterocycles. The lowest BCUT2D eigenvalue weighted by Gasteiger charge is -2.40. The number of carbonyl (C=O) groups is 2. The molecule has 0 radical (unpaired) electrons. The maximum Gasteiger partial charge on any atom is 0.329 e. The number of ether oxygens (including phenoxy) is 4. The number of hydrogen-bond donors (Lipinski definition) is 2. The minimum Gasteiger partial charge on any atom is -0.394 e. The number of rotatable bonds is 8. The van der Waals surface area contributed by atoms with E-state index in [2.05, 4.69) is 5.32 Å². The number of nitrogens with zero attached hydrogens (tertiary/aromatic N) is 2. The second-order valence-electron chi connectivity index (χ2n) is 9.56. The molecule has 0 bridgehead atoms. The first-order chi connectivity index (χ1) is 17.9. The van der Waals surface area contributed by atoms with Crippen LogP contribution in [0.4, 0.5) is 4.79 Å². The molecule has 2 fully saturated rings. The Balaban J connectivity index is 1.36. The Bertz CT molecular complexity index is 1130. The number of hydrogen-bond acceptors (Lipinski definition) is 7. The monoisotopic (exact) mass is 509 g/mol. The van der Waals surface area contributed by atoms with Gasteiger partial charge < -0.3 is 29.4 Å². The summed E-state index contributed by atoms with van der Waals surface area (Å²) in [6.07, 6.45) is -0.0728. The molecule has 37 heavy (non-hydrogen) atoms. The fourth-order valence-corrected chi connectivity index (χ4v) is 4.74. The molecule has 2 aromatic carbocycles. The third-order valence-electron chi connectivity index (χ3n) is 6.47. The molecule has 2 N–H and O–H groups in total. The molecule has 0 spiro atoms. The molecule has 0 saturated carbocycles. The van der Waals surface area contributed by atoms with Crippen molar-refractivity contribution in [1.29, 1.82) is 0 Å². The molecule has 196 valence electrons. The highest BCUT2D eigenvalue weighted by Crippen LogP contribution is 2.40. The topological polar surface area (TPSA) is 110 Å². The minimum absolute atomic E-state index is 0.0819. The molecule has 0 aliphatic carbocycles. The van der Waals surface area contributed by atoms with Crippen molar-refractivity contribution in [2.24, 2.45) is 0 Å². The van der Waals surface area contributed by atoms with Crippen molar-refractivity contribution in [2.45, 2.75) is 56.9 Å².